The van der Waals surface area contributed by atoms with Gasteiger partial charge in [0.05, 0.1) is 11.4 Å². The van der Waals surface area contributed by atoms with Crippen molar-refractivity contribution < 1.29 is 0 Å². The van der Waals surface area contributed by atoms with E-state index in [1.54, 1.807) is 0 Å². The third-order valence-electron chi connectivity index (χ3n) is 4.91. The van der Waals surface area contributed by atoms with Gasteiger partial charge in [-0.15, -0.1) is 0 Å². The summed E-state index contributed by atoms with van der Waals surface area (Å²) < 4.78 is 0. The van der Waals surface area contributed by atoms with Crippen LogP contribution in [0.2, 0.25) is 0 Å². The quantitative estimate of drug-likeness (QED) is 0.779. The van der Waals surface area contributed by atoms with Crippen LogP contribution < -0.4 is 11.5 Å². The monoisotopic (exact) mass is 296 g/mol. The summed E-state index contributed by atoms with van der Waals surface area (Å²) in [5.41, 5.74) is 19.1. The summed E-state index contributed by atoms with van der Waals surface area (Å²) in [5, 5.41) is 0. The first-order chi connectivity index (χ1) is 10.3. The van der Waals surface area contributed by atoms with E-state index < -0.39 is 0 Å². The number of hydrogen-bond donors (Lipinski definition) is 2. The van der Waals surface area contributed by atoms with E-state index in [4.69, 9.17) is 11.5 Å². The fraction of sp³-hybridized carbons (Fsp3) is 0.333. The normalized spacial score (nSPS) is 21.0. The Morgan fingerprint density at radius 3 is 2.38 bits per heavy atom. The van der Waals surface area contributed by atoms with Gasteiger partial charge in [0, 0.05) is 5.92 Å². The first-order valence-corrected chi connectivity index (χ1v) is 8.77. The van der Waals surface area contributed by atoms with Crippen LogP contribution in [0, 0.1) is 5.92 Å². The van der Waals surface area contributed by atoms with Crippen molar-refractivity contribution in [3.8, 4) is 11.1 Å². The standard InChI is InChI=1S/C18H20N2S/c19-16-9-14-12-3-1-2-4-13(12)18(15(14)10-17(16)20)11-5-7-21-8-6-11/h1-4,9-11,18H,5-8,19-20H2. The van der Waals surface area contributed by atoms with E-state index in [0.29, 0.717) is 11.6 Å². The molecular formula is C18H20N2S. The first-order valence-electron chi connectivity index (χ1n) is 7.61. The molecule has 2 aromatic carbocycles. The zero-order valence-corrected chi connectivity index (χ0v) is 12.8. The van der Waals surface area contributed by atoms with E-state index in [1.165, 1.54) is 46.6 Å². The summed E-state index contributed by atoms with van der Waals surface area (Å²) in [6.45, 7) is 0. The minimum Gasteiger partial charge on any atom is -0.397 e. The molecule has 1 heterocycles. The first kappa shape index (κ1) is 13.1. The molecule has 1 aliphatic carbocycles. The predicted molar refractivity (Wildman–Crippen MR) is 92.6 cm³/mol. The Morgan fingerprint density at radius 2 is 1.57 bits per heavy atom. The SMILES string of the molecule is Nc1cc2c(cc1N)C(C1CCSCC1)c1ccccc1-2. The van der Waals surface area contributed by atoms with Gasteiger partial charge in [-0.1, -0.05) is 24.3 Å². The maximum absolute atomic E-state index is 6.09. The van der Waals surface area contributed by atoms with Gasteiger partial charge in [0.2, 0.25) is 0 Å². The van der Waals surface area contributed by atoms with Crippen LogP contribution in [0.25, 0.3) is 11.1 Å². The molecule has 1 fully saturated rings. The van der Waals surface area contributed by atoms with Crippen LogP contribution in [-0.4, -0.2) is 11.5 Å². The van der Waals surface area contributed by atoms with Gasteiger partial charge in [-0.25, -0.2) is 0 Å². The van der Waals surface area contributed by atoms with Crippen LogP contribution in [0.1, 0.15) is 29.9 Å². The minimum atomic E-state index is 0.500. The molecular weight excluding hydrogens is 276 g/mol. The minimum absolute atomic E-state index is 0.500. The van der Waals surface area contributed by atoms with Crippen LogP contribution in [0.3, 0.4) is 0 Å². The van der Waals surface area contributed by atoms with Gasteiger partial charge in [-0.2, -0.15) is 11.8 Å². The number of fused-ring (bicyclic) bond motifs is 3. The van der Waals surface area contributed by atoms with E-state index in [2.05, 4.69) is 48.2 Å². The van der Waals surface area contributed by atoms with Crippen molar-refractivity contribution in [2.24, 2.45) is 5.92 Å². The van der Waals surface area contributed by atoms with Gasteiger partial charge in [0.1, 0.15) is 0 Å². The third-order valence-corrected chi connectivity index (χ3v) is 5.96. The van der Waals surface area contributed by atoms with Crippen molar-refractivity contribution >= 4 is 23.1 Å². The van der Waals surface area contributed by atoms with Crippen LogP contribution in [0.4, 0.5) is 11.4 Å². The molecule has 0 bridgehead atoms. The number of anilines is 2. The van der Waals surface area contributed by atoms with Crippen LogP contribution in [-0.2, 0) is 0 Å². The Balaban J connectivity index is 1.89. The number of thioether (sulfide) groups is 1. The highest BCUT2D eigenvalue weighted by atomic mass is 32.2. The highest BCUT2D eigenvalue weighted by Crippen LogP contribution is 2.52. The molecule has 0 saturated carbocycles. The zero-order chi connectivity index (χ0) is 14.4. The third kappa shape index (κ3) is 2.03. The van der Waals surface area contributed by atoms with E-state index in [9.17, 15) is 0 Å². The van der Waals surface area contributed by atoms with Gasteiger partial charge in [-0.3, -0.25) is 0 Å². The second-order valence-corrected chi connectivity index (χ2v) is 7.31. The zero-order valence-electron chi connectivity index (χ0n) is 12.0. The smallest absolute Gasteiger partial charge is 0.0554 e. The fourth-order valence-corrected chi connectivity index (χ4v) is 5.02. The fourth-order valence-electron chi connectivity index (χ4n) is 3.88. The Kier molecular flexibility index (Phi) is 3.11. The number of hydrogen-bond acceptors (Lipinski definition) is 3. The Labute approximate surface area is 129 Å². The van der Waals surface area contributed by atoms with Crippen LogP contribution in [0.5, 0.6) is 0 Å². The van der Waals surface area contributed by atoms with Crippen molar-refractivity contribution in [3.05, 3.63) is 47.5 Å². The molecule has 2 nitrogen and oxygen atoms in total. The number of nitrogens with two attached hydrogens (primary N) is 2. The van der Waals surface area contributed by atoms with Gasteiger partial charge < -0.3 is 11.5 Å². The lowest BCUT2D eigenvalue weighted by Crippen LogP contribution is -2.18. The lowest BCUT2D eigenvalue weighted by Gasteiger charge is -2.29. The molecule has 0 spiro atoms. The molecule has 4 rings (SSSR count). The van der Waals surface area contributed by atoms with E-state index >= 15 is 0 Å². The van der Waals surface area contributed by atoms with Gasteiger partial charge in [-0.05, 0) is 64.7 Å². The van der Waals surface area contributed by atoms with Crippen LogP contribution >= 0.6 is 11.8 Å². The summed E-state index contributed by atoms with van der Waals surface area (Å²) in [5.74, 6) is 3.79. The van der Waals surface area contributed by atoms with Crippen molar-refractivity contribution in [2.75, 3.05) is 23.0 Å². The van der Waals surface area contributed by atoms with Crippen molar-refractivity contribution in [1.29, 1.82) is 0 Å². The maximum Gasteiger partial charge on any atom is 0.0554 e. The Hall–Kier alpha value is -1.61. The lowest BCUT2D eigenvalue weighted by molar-refractivity contribution is 0.441. The maximum atomic E-state index is 6.09. The number of benzene rings is 2. The van der Waals surface area contributed by atoms with Crippen molar-refractivity contribution in [3.63, 3.8) is 0 Å². The van der Waals surface area contributed by atoms with E-state index in [-0.39, 0.29) is 0 Å². The predicted octanol–water partition coefficient (Wildman–Crippen LogP) is 4.11. The van der Waals surface area contributed by atoms with E-state index in [1.807, 2.05) is 0 Å². The average molecular weight is 296 g/mol. The molecule has 1 saturated heterocycles. The van der Waals surface area contributed by atoms with Crippen LogP contribution in [0.15, 0.2) is 36.4 Å². The summed E-state index contributed by atoms with van der Waals surface area (Å²) in [6, 6.07) is 13.0. The highest BCUT2D eigenvalue weighted by molar-refractivity contribution is 7.99. The molecule has 4 N–H and O–H groups in total. The van der Waals surface area contributed by atoms with Crippen molar-refractivity contribution in [2.45, 2.75) is 18.8 Å². The average Bonchev–Trinajstić information content (AvgIpc) is 2.82. The van der Waals surface area contributed by atoms with Gasteiger partial charge in [0.15, 0.2) is 0 Å². The highest BCUT2D eigenvalue weighted by Gasteiger charge is 2.35. The Bertz CT molecular complexity index is 690. The molecule has 0 aromatic heterocycles. The molecule has 3 heteroatoms. The number of nitrogen functional groups attached to an aromatic ring is 2. The molecule has 2 aliphatic rings. The summed E-state index contributed by atoms with van der Waals surface area (Å²) in [4.78, 5) is 0. The molecule has 0 amide bonds. The molecule has 2 aromatic rings. The Morgan fingerprint density at radius 1 is 0.857 bits per heavy atom. The van der Waals surface area contributed by atoms with E-state index in [0.717, 1.165) is 11.6 Å². The molecule has 1 atom stereocenters. The van der Waals surface area contributed by atoms with Gasteiger partial charge >= 0.3 is 0 Å². The topological polar surface area (TPSA) is 52.0 Å². The molecule has 1 aliphatic heterocycles. The second-order valence-electron chi connectivity index (χ2n) is 6.08. The molecule has 0 radical (unpaired) electrons. The molecule has 108 valence electrons. The molecule has 21 heavy (non-hydrogen) atoms. The second kappa shape index (κ2) is 4.99. The van der Waals surface area contributed by atoms with Gasteiger partial charge in [0.25, 0.3) is 0 Å². The summed E-state index contributed by atoms with van der Waals surface area (Å²) >= 11 is 2.08. The summed E-state index contributed by atoms with van der Waals surface area (Å²) in [6.07, 6.45) is 2.60. The lowest BCUT2D eigenvalue weighted by atomic mass is 9.80. The molecule has 1 unspecified atom stereocenters. The summed E-state index contributed by atoms with van der Waals surface area (Å²) in [7, 11) is 0. The van der Waals surface area contributed by atoms with Crippen molar-refractivity contribution in [1.82, 2.24) is 0 Å². The number of rotatable bonds is 1. The largest absolute Gasteiger partial charge is 0.397 e.